The molecule has 0 heteroatoms. The van der Waals surface area contributed by atoms with Crippen molar-refractivity contribution in [2.24, 2.45) is 35.5 Å². The SMILES string of the molecule is CC1=CC=C(C(C)CCC(C)/C=C/C2C=CC(/C=C/C(C)CCC(C)C)CC2)CC1. The molecule has 0 radical (unpaired) electrons. The summed E-state index contributed by atoms with van der Waals surface area (Å²) in [6, 6.07) is 0. The Morgan fingerprint density at radius 3 is 1.80 bits per heavy atom. The lowest BCUT2D eigenvalue weighted by Gasteiger charge is -2.21. The molecule has 0 aromatic rings. The first-order valence-corrected chi connectivity index (χ1v) is 12.7. The van der Waals surface area contributed by atoms with Gasteiger partial charge in [0.1, 0.15) is 0 Å². The van der Waals surface area contributed by atoms with E-state index in [2.05, 4.69) is 90.2 Å². The molecule has 0 fully saturated rings. The van der Waals surface area contributed by atoms with E-state index in [0.717, 1.165) is 11.8 Å². The van der Waals surface area contributed by atoms with Crippen molar-refractivity contribution < 1.29 is 0 Å². The van der Waals surface area contributed by atoms with Crippen LogP contribution in [0.2, 0.25) is 0 Å². The highest BCUT2D eigenvalue weighted by Crippen LogP contribution is 2.29. The third-order valence-electron chi connectivity index (χ3n) is 7.09. The van der Waals surface area contributed by atoms with Gasteiger partial charge < -0.3 is 0 Å². The van der Waals surface area contributed by atoms with Crippen molar-refractivity contribution in [3.05, 3.63) is 59.8 Å². The van der Waals surface area contributed by atoms with E-state index in [9.17, 15) is 0 Å². The van der Waals surface area contributed by atoms with Crippen LogP contribution in [0.3, 0.4) is 0 Å². The third kappa shape index (κ3) is 9.67. The van der Waals surface area contributed by atoms with Crippen molar-refractivity contribution in [2.45, 2.75) is 92.9 Å². The van der Waals surface area contributed by atoms with Gasteiger partial charge in [0.2, 0.25) is 0 Å². The maximum atomic E-state index is 2.48. The minimum Gasteiger partial charge on any atom is -0.0851 e. The Morgan fingerprint density at radius 1 is 0.767 bits per heavy atom. The zero-order valence-electron chi connectivity index (χ0n) is 20.7. The monoisotopic (exact) mass is 408 g/mol. The second-order valence-electron chi connectivity index (χ2n) is 10.7. The van der Waals surface area contributed by atoms with E-state index in [-0.39, 0.29) is 0 Å². The summed E-state index contributed by atoms with van der Waals surface area (Å²) in [6.07, 6.45) is 29.9. The molecule has 0 nitrogen and oxygen atoms in total. The minimum absolute atomic E-state index is 0.641. The molecule has 168 valence electrons. The minimum atomic E-state index is 0.641. The Bertz CT molecular complexity index is 639. The Hall–Kier alpha value is -1.30. The molecule has 2 rings (SSSR count). The molecule has 0 amide bonds. The molecule has 0 saturated heterocycles. The molecule has 2 aliphatic rings. The van der Waals surface area contributed by atoms with E-state index >= 15 is 0 Å². The quantitative estimate of drug-likeness (QED) is 0.298. The summed E-state index contributed by atoms with van der Waals surface area (Å²) >= 11 is 0. The normalized spacial score (nSPS) is 25.6. The largest absolute Gasteiger partial charge is 0.0851 e. The fraction of sp³-hybridized carbons (Fsp3) is 0.667. The van der Waals surface area contributed by atoms with Crippen LogP contribution in [0.15, 0.2) is 59.8 Å². The van der Waals surface area contributed by atoms with E-state index in [1.807, 2.05) is 0 Å². The van der Waals surface area contributed by atoms with Crippen molar-refractivity contribution in [3.8, 4) is 0 Å². The highest BCUT2D eigenvalue weighted by atomic mass is 14.2. The van der Waals surface area contributed by atoms with Gasteiger partial charge in [-0.15, -0.1) is 0 Å². The Balaban J connectivity index is 1.69. The van der Waals surface area contributed by atoms with Gasteiger partial charge >= 0.3 is 0 Å². The van der Waals surface area contributed by atoms with Gasteiger partial charge in [0.15, 0.2) is 0 Å². The third-order valence-corrected chi connectivity index (χ3v) is 7.09. The second kappa shape index (κ2) is 13.2. The van der Waals surface area contributed by atoms with Crippen molar-refractivity contribution in [2.75, 3.05) is 0 Å². The lowest BCUT2D eigenvalue weighted by molar-refractivity contribution is 0.497. The fourth-order valence-corrected chi connectivity index (χ4v) is 4.50. The van der Waals surface area contributed by atoms with Gasteiger partial charge in [0.05, 0.1) is 0 Å². The highest BCUT2D eigenvalue weighted by molar-refractivity contribution is 5.24. The van der Waals surface area contributed by atoms with Crippen LogP contribution in [-0.2, 0) is 0 Å². The first-order valence-electron chi connectivity index (χ1n) is 12.7. The molecule has 0 saturated carbocycles. The van der Waals surface area contributed by atoms with E-state index in [1.165, 1.54) is 56.9 Å². The average Bonchev–Trinajstić information content (AvgIpc) is 2.74. The van der Waals surface area contributed by atoms with Gasteiger partial charge in [-0.2, -0.15) is 0 Å². The van der Waals surface area contributed by atoms with Gasteiger partial charge in [-0.1, -0.05) is 101 Å². The lowest BCUT2D eigenvalue weighted by Crippen LogP contribution is -2.07. The van der Waals surface area contributed by atoms with Crippen molar-refractivity contribution in [1.29, 1.82) is 0 Å². The molecule has 0 heterocycles. The first-order chi connectivity index (χ1) is 14.3. The molecule has 0 N–H and O–H groups in total. The van der Waals surface area contributed by atoms with Gasteiger partial charge in [-0.25, -0.2) is 0 Å². The van der Waals surface area contributed by atoms with E-state index in [0.29, 0.717) is 23.7 Å². The molecule has 0 aliphatic heterocycles. The highest BCUT2D eigenvalue weighted by Gasteiger charge is 2.14. The molecule has 0 aromatic carbocycles. The van der Waals surface area contributed by atoms with Gasteiger partial charge in [0, 0.05) is 0 Å². The zero-order valence-corrected chi connectivity index (χ0v) is 20.7. The molecule has 5 atom stereocenters. The summed E-state index contributed by atoms with van der Waals surface area (Å²) in [7, 11) is 0. The van der Waals surface area contributed by atoms with Crippen molar-refractivity contribution >= 4 is 0 Å². The van der Waals surface area contributed by atoms with Gasteiger partial charge in [0.25, 0.3) is 0 Å². The molecular weight excluding hydrogens is 360 g/mol. The standard InChI is InChI=1S/C30H48/c1-23(2)7-8-24(3)10-15-28-17-19-29(20-18-28)16-11-25(4)9-14-27(6)30-21-12-26(5)13-22-30/h10-12,15-17,19,21,23-25,27-29H,7-9,13-14,18,20,22H2,1-6H3/b15-10+,16-11+. The summed E-state index contributed by atoms with van der Waals surface area (Å²) in [5.74, 6) is 4.24. The van der Waals surface area contributed by atoms with Crippen LogP contribution in [0.1, 0.15) is 92.9 Å². The second-order valence-corrected chi connectivity index (χ2v) is 10.7. The van der Waals surface area contributed by atoms with Gasteiger partial charge in [-0.05, 0) is 87.4 Å². The summed E-state index contributed by atoms with van der Waals surface area (Å²) in [5, 5.41) is 0. The van der Waals surface area contributed by atoms with Crippen molar-refractivity contribution in [3.63, 3.8) is 0 Å². The number of hydrogen-bond donors (Lipinski definition) is 0. The number of allylic oxidation sites excluding steroid dienone is 10. The van der Waals surface area contributed by atoms with Crippen LogP contribution in [0, 0.1) is 35.5 Å². The molecule has 0 spiro atoms. The number of hydrogen-bond acceptors (Lipinski definition) is 0. The van der Waals surface area contributed by atoms with Crippen LogP contribution in [0.25, 0.3) is 0 Å². The topological polar surface area (TPSA) is 0 Å². The van der Waals surface area contributed by atoms with Crippen LogP contribution in [0.4, 0.5) is 0 Å². The zero-order chi connectivity index (χ0) is 21.9. The Kier molecular flexibility index (Phi) is 11.0. The van der Waals surface area contributed by atoms with Crippen LogP contribution < -0.4 is 0 Å². The molecular formula is C30H48. The van der Waals surface area contributed by atoms with Crippen LogP contribution in [0.5, 0.6) is 0 Å². The average molecular weight is 409 g/mol. The summed E-state index contributed by atoms with van der Waals surface area (Å²) in [4.78, 5) is 0. The summed E-state index contributed by atoms with van der Waals surface area (Å²) < 4.78 is 0. The van der Waals surface area contributed by atoms with Crippen LogP contribution >= 0.6 is 0 Å². The van der Waals surface area contributed by atoms with E-state index in [4.69, 9.17) is 0 Å². The molecule has 5 unspecified atom stereocenters. The molecule has 2 aliphatic carbocycles. The van der Waals surface area contributed by atoms with Gasteiger partial charge in [-0.3, -0.25) is 0 Å². The van der Waals surface area contributed by atoms with Crippen molar-refractivity contribution in [1.82, 2.24) is 0 Å². The Labute approximate surface area is 188 Å². The predicted molar refractivity (Wildman–Crippen MR) is 136 cm³/mol. The lowest BCUT2D eigenvalue weighted by atomic mass is 9.85. The first kappa shape index (κ1) is 25.0. The summed E-state index contributed by atoms with van der Waals surface area (Å²) in [5.41, 5.74) is 3.19. The molecule has 0 aromatic heterocycles. The smallest absolute Gasteiger partial charge is 0.00529 e. The molecule has 0 bridgehead atoms. The Morgan fingerprint density at radius 2 is 1.33 bits per heavy atom. The summed E-state index contributed by atoms with van der Waals surface area (Å²) in [6.45, 7) is 14.1. The van der Waals surface area contributed by atoms with Crippen LogP contribution in [-0.4, -0.2) is 0 Å². The number of rotatable bonds is 11. The predicted octanol–water partition coefficient (Wildman–Crippen LogP) is 9.47. The fourth-order valence-electron chi connectivity index (χ4n) is 4.50. The maximum Gasteiger partial charge on any atom is -0.00529 e. The van der Waals surface area contributed by atoms with E-state index < -0.39 is 0 Å². The maximum absolute atomic E-state index is 2.48. The molecule has 30 heavy (non-hydrogen) atoms. The van der Waals surface area contributed by atoms with E-state index in [1.54, 1.807) is 5.57 Å².